The summed E-state index contributed by atoms with van der Waals surface area (Å²) in [6.45, 7) is 0. The Bertz CT molecular complexity index is 449. The second-order valence-electron chi connectivity index (χ2n) is 3.88. The molecule has 1 aromatic rings. The van der Waals surface area contributed by atoms with E-state index in [2.05, 4.69) is 15.3 Å². The predicted octanol–water partition coefficient (Wildman–Crippen LogP) is 0.148. The molecule has 0 radical (unpaired) electrons. The first-order chi connectivity index (χ1) is 7.68. The Morgan fingerprint density at radius 2 is 2.19 bits per heavy atom. The highest BCUT2D eigenvalue weighted by Crippen LogP contribution is 2.18. The summed E-state index contributed by atoms with van der Waals surface area (Å²) in [6, 6.07) is 0.132. The molecule has 0 bridgehead atoms. The number of rotatable bonds is 2. The molecule has 1 amide bonds. The Hall–Kier alpha value is -1.85. The Morgan fingerprint density at radius 1 is 1.50 bits per heavy atom. The summed E-state index contributed by atoms with van der Waals surface area (Å²) >= 11 is 0. The van der Waals surface area contributed by atoms with Crippen LogP contribution in [-0.2, 0) is 0 Å². The first kappa shape index (κ1) is 10.7. The molecule has 3 N–H and O–H groups in total. The standard InChI is InChI=1S/C10H13N3O3/c14-8-7(11-5-12-10(8)16)9(15)13-6-3-1-2-4-6/h5-6,14H,1-4H2,(H,13,15)(H,11,12,16). The number of hydrogen-bond acceptors (Lipinski definition) is 4. The van der Waals surface area contributed by atoms with Crippen LogP contribution in [-0.4, -0.2) is 27.0 Å². The average molecular weight is 223 g/mol. The van der Waals surface area contributed by atoms with Gasteiger partial charge in [0.05, 0.1) is 6.33 Å². The van der Waals surface area contributed by atoms with Gasteiger partial charge in [-0.25, -0.2) is 4.98 Å². The molecule has 16 heavy (non-hydrogen) atoms. The lowest BCUT2D eigenvalue weighted by molar-refractivity contribution is 0.0929. The Balaban J connectivity index is 2.14. The Labute approximate surface area is 91.7 Å². The molecule has 0 aromatic carbocycles. The summed E-state index contributed by atoms with van der Waals surface area (Å²) in [5.74, 6) is -1.12. The van der Waals surface area contributed by atoms with Crippen molar-refractivity contribution in [2.45, 2.75) is 31.7 Å². The average Bonchev–Trinajstić information content (AvgIpc) is 2.74. The van der Waals surface area contributed by atoms with Crippen molar-refractivity contribution >= 4 is 5.91 Å². The Morgan fingerprint density at radius 3 is 2.88 bits per heavy atom. The van der Waals surface area contributed by atoms with E-state index in [1.54, 1.807) is 0 Å². The molecule has 6 heteroatoms. The maximum absolute atomic E-state index is 11.7. The van der Waals surface area contributed by atoms with Gasteiger partial charge in [0.15, 0.2) is 5.69 Å². The fraction of sp³-hybridized carbons (Fsp3) is 0.500. The summed E-state index contributed by atoms with van der Waals surface area (Å²) in [6.07, 6.45) is 5.18. The van der Waals surface area contributed by atoms with Crippen molar-refractivity contribution < 1.29 is 9.90 Å². The summed E-state index contributed by atoms with van der Waals surface area (Å²) < 4.78 is 0. The molecule has 1 fully saturated rings. The van der Waals surface area contributed by atoms with Crippen LogP contribution in [0.4, 0.5) is 0 Å². The molecule has 0 unspecified atom stereocenters. The quantitative estimate of drug-likeness (QED) is 0.665. The molecule has 1 saturated carbocycles. The fourth-order valence-corrected chi connectivity index (χ4v) is 1.88. The van der Waals surface area contributed by atoms with Gasteiger partial charge in [0, 0.05) is 6.04 Å². The second kappa shape index (κ2) is 4.34. The van der Waals surface area contributed by atoms with Crippen molar-refractivity contribution in [3.63, 3.8) is 0 Å². The predicted molar refractivity (Wildman–Crippen MR) is 56.2 cm³/mol. The summed E-state index contributed by atoms with van der Waals surface area (Å²) in [5, 5.41) is 12.1. The fourth-order valence-electron chi connectivity index (χ4n) is 1.88. The van der Waals surface area contributed by atoms with E-state index in [4.69, 9.17) is 0 Å². The first-order valence-electron chi connectivity index (χ1n) is 5.26. The smallest absolute Gasteiger partial charge is 0.293 e. The van der Waals surface area contributed by atoms with Gasteiger partial charge in [-0.1, -0.05) is 12.8 Å². The van der Waals surface area contributed by atoms with E-state index in [0.717, 1.165) is 32.0 Å². The molecule has 0 saturated heterocycles. The van der Waals surface area contributed by atoms with Crippen LogP contribution in [0.3, 0.4) is 0 Å². The molecule has 1 aromatic heterocycles. The van der Waals surface area contributed by atoms with Gasteiger partial charge in [-0.15, -0.1) is 0 Å². The first-order valence-corrected chi connectivity index (χ1v) is 5.26. The lowest BCUT2D eigenvalue weighted by Crippen LogP contribution is -2.34. The molecular weight excluding hydrogens is 210 g/mol. The number of carbonyl (C=O) groups is 1. The van der Waals surface area contributed by atoms with E-state index in [-0.39, 0.29) is 11.7 Å². The number of carbonyl (C=O) groups excluding carboxylic acids is 1. The van der Waals surface area contributed by atoms with Crippen molar-refractivity contribution in [2.24, 2.45) is 0 Å². The van der Waals surface area contributed by atoms with Crippen LogP contribution in [0.15, 0.2) is 11.1 Å². The maximum Gasteiger partial charge on any atom is 0.293 e. The molecule has 0 aliphatic heterocycles. The van der Waals surface area contributed by atoms with Gasteiger partial charge in [-0.05, 0) is 12.8 Å². The van der Waals surface area contributed by atoms with Gasteiger partial charge in [-0.3, -0.25) is 9.59 Å². The van der Waals surface area contributed by atoms with Crippen molar-refractivity contribution in [1.29, 1.82) is 0 Å². The molecule has 2 rings (SSSR count). The van der Waals surface area contributed by atoms with Gasteiger partial charge in [0.25, 0.3) is 11.5 Å². The third-order valence-corrected chi connectivity index (χ3v) is 2.73. The molecule has 6 nitrogen and oxygen atoms in total. The summed E-state index contributed by atoms with van der Waals surface area (Å²) in [7, 11) is 0. The SMILES string of the molecule is O=C(NC1CCCC1)c1nc[nH]c(=O)c1O. The number of amides is 1. The third kappa shape index (κ3) is 2.05. The largest absolute Gasteiger partial charge is 0.501 e. The lowest BCUT2D eigenvalue weighted by Gasteiger charge is -2.11. The van der Waals surface area contributed by atoms with Crippen LogP contribution < -0.4 is 10.9 Å². The number of nitrogens with one attached hydrogen (secondary N) is 2. The Kier molecular flexibility index (Phi) is 2.89. The molecule has 0 spiro atoms. The van der Waals surface area contributed by atoms with Crippen LogP contribution in [0.5, 0.6) is 5.75 Å². The normalized spacial score (nSPS) is 16.2. The van der Waals surface area contributed by atoms with Gasteiger partial charge < -0.3 is 15.4 Å². The van der Waals surface area contributed by atoms with Gasteiger partial charge in [0.1, 0.15) is 0 Å². The monoisotopic (exact) mass is 223 g/mol. The minimum atomic E-state index is -0.702. The number of hydrogen-bond donors (Lipinski definition) is 3. The summed E-state index contributed by atoms with van der Waals surface area (Å²) in [5.41, 5.74) is -0.915. The van der Waals surface area contributed by atoms with Crippen LogP contribution in [0.1, 0.15) is 36.2 Å². The number of aromatic nitrogens is 2. The molecule has 86 valence electrons. The highest BCUT2D eigenvalue weighted by molar-refractivity contribution is 5.94. The lowest BCUT2D eigenvalue weighted by atomic mass is 10.2. The molecule has 1 aliphatic rings. The van der Waals surface area contributed by atoms with E-state index in [1.165, 1.54) is 0 Å². The minimum absolute atomic E-state index is 0.132. The van der Waals surface area contributed by atoms with Crippen LogP contribution >= 0.6 is 0 Å². The molecule has 1 aliphatic carbocycles. The van der Waals surface area contributed by atoms with Gasteiger partial charge >= 0.3 is 0 Å². The van der Waals surface area contributed by atoms with Crippen molar-refractivity contribution in [3.05, 3.63) is 22.4 Å². The van der Waals surface area contributed by atoms with Gasteiger partial charge in [0.2, 0.25) is 5.75 Å². The number of aromatic hydroxyl groups is 1. The van der Waals surface area contributed by atoms with E-state index >= 15 is 0 Å². The molecule has 0 atom stereocenters. The van der Waals surface area contributed by atoms with Crippen molar-refractivity contribution in [3.8, 4) is 5.75 Å². The highest BCUT2D eigenvalue weighted by atomic mass is 16.3. The van der Waals surface area contributed by atoms with E-state index in [1.807, 2.05) is 0 Å². The summed E-state index contributed by atoms with van der Waals surface area (Å²) in [4.78, 5) is 28.6. The van der Waals surface area contributed by atoms with E-state index < -0.39 is 17.2 Å². The second-order valence-corrected chi connectivity index (χ2v) is 3.88. The zero-order valence-electron chi connectivity index (χ0n) is 8.69. The van der Waals surface area contributed by atoms with Crippen LogP contribution in [0.25, 0.3) is 0 Å². The number of H-pyrrole nitrogens is 1. The zero-order valence-corrected chi connectivity index (χ0v) is 8.69. The highest BCUT2D eigenvalue weighted by Gasteiger charge is 2.21. The van der Waals surface area contributed by atoms with Crippen molar-refractivity contribution in [2.75, 3.05) is 0 Å². The maximum atomic E-state index is 11.7. The van der Waals surface area contributed by atoms with E-state index in [9.17, 15) is 14.7 Å². The topological polar surface area (TPSA) is 95.1 Å². The number of nitrogens with zero attached hydrogens (tertiary/aromatic N) is 1. The van der Waals surface area contributed by atoms with Crippen molar-refractivity contribution in [1.82, 2.24) is 15.3 Å². The zero-order chi connectivity index (χ0) is 11.5. The minimum Gasteiger partial charge on any atom is -0.501 e. The van der Waals surface area contributed by atoms with Crippen LogP contribution in [0.2, 0.25) is 0 Å². The van der Waals surface area contributed by atoms with E-state index in [0.29, 0.717) is 0 Å². The third-order valence-electron chi connectivity index (χ3n) is 2.73. The molecular formula is C10H13N3O3. The van der Waals surface area contributed by atoms with Gasteiger partial charge in [-0.2, -0.15) is 0 Å². The van der Waals surface area contributed by atoms with Crippen LogP contribution in [0, 0.1) is 0 Å². The number of aromatic amines is 1. The molecule has 1 heterocycles.